The highest BCUT2D eigenvalue weighted by molar-refractivity contribution is 14.1. The minimum absolute atomic E-state index is 0.360. The lowest BCUT2D eigenvalue weighted by atomic mass is 10.0. The summed E-state index contributed by atoms with van der Waals surface area (Å²) in [7, 11) is 0. The number of fused-ring (bicyclic) bond motifs is 1. The van der Waals surface area contributed by atoms with E-state index in [9.17, 15) is 9.65 Å². The van der Waals surface area contributed by atoms with Crippen LogP contribution in [0.3, 0.4) is 0 Å². The molecule has 0 spiro atoms. The minimum Gasteiger partial charge on any atom is -0.488 e. The Kier molecular flexibility index (Phi) is 6.10. The monoisotopic (exact) mass is 505 g/mol. The van der Waals surface area contributed by atoms with Crippen molar-refractivity contribution in [1.29, 1.82) is 5.26 Å². The van der Waals surface area contributed by atoms with E-state index < -0.39 is 0 Å². The molecular weight excluding hydrogens is 488 g/mol. The number of hydrogen-bond donors (Lipinski definition) is 0. The van der Waals surface area contributed by atoms with Crippen LogP contribution in [0.2, 0.25) is 0 Å². The van der Waals surface area contributed by atoms with E-state index in [1.54, 1.807) is 18.2 Å². The third-order valence-corrected chi connectivity index (χ3v) is 5.57. The SMILES string of the molecule is N#C/C(=C/c1ccc(OCc2ccc3ccccc3c2)c(I)c1)c1cccc(F)c1. The summed E-state index contributed by atoms with van der Waals surface area (Å²) in [6.45, 7) is 0.475. The highest BCUT2D eigenvalue weighted by Crippen LogP contribution is 2.26. The van der Waals surface area contributed by atoms with Crippen molar-refractivity contribution in [3.05, 3.63) is 111 Å². The Morgan fingerprint density at radius 2 is 1.77 bits per heavy atom. The Bertz CT molecular complexity index is 1290. The number of halogens is 2. The lowest BCUT2D eigenvalue weighted by molar-refractivity contribution is 0.304. The molecule has 0 amide bonds. The van der Waals surface area contributed by atoms with E-state index in [-0.39, 0.29) is 5.82 Å². The van der Waals surface area contributed by atoms with Gasteiger partial charge in [0.1, 0.15) is 18.2 Å². The molecule has 0 saturated heterocycles. The van der Waals surface area contributed by atoms with Crippen LogP contribution in [0, 0.1) is 20.7 Å². The first-order valence-corrected chi connectivity index (χ1v) is 10.5. The molecule has 0 N–H and O–H groups in total. The van der Waals surface area contributed by atoms with Gasteiger partial charge in [-0.3, -0.25) is 0 Å². The van der Waals surface area contributed by atoms with Crippen LogP contribution in [0.1, 0.15) is 16.7 Å². The summed E-state index contributed by atoms with van der Waals surface area (Å²) in [6, 6.07) is 28.5. The standard InChI is InChI=1S/C26H17FINO/c27-24-7-3-6-22(15-24)23(16-29)12-18-9-11-26(25(28)14-18)30-17-19-8-10-20-4-1-2-5-21(20)13-19/h1-15H,17H2/b23-12-. The molecule has 0 aliphatic heterocycles. The highest BCUT2D eigenvalue weighted by atomic mass is 127. The van der Waals surface area contributed by atoms with Crippen LogP contribution in [0.4, 0.5) is 4.39 Å². The minimum atomic E-state index is -0.360. The lowest BCUT2D eigenvalue weighted by Crippen LogP contribution is -1.97. The van der Waals surface area contributed by atoms with Crippen molar-refractivity contribution in [3.8, 4) is 11.8 Å². The van der Waals surface area contributed by atoms with E-state index in [4.69, 9.17) is 4.74 Å². The van der Waals surface area contributed by atoms with Gasteiger partial charge >= 0.3 is 0 Å². The van der Waals surface area contributed by atoms with Gasteiger partial charge in [0.15, 0.2) is 0 Å². The summed E-state index contributed by atoms with van der Waals surface area (Å²) in [5, 5.41) is 11.9. The van der Waals surface area contributed by atoms with E-state index in [1.165, 1.54) is 22.9 Å². The molecule has 0 radical (unpaired) electrons. The van der Waals surface area contributed by atoms with Gasteiger partial charge in [-0.2, -0.15) is 5.26 Å². The molecule has 0 fully saturated rings. The molecule has 4 aromatic rings. The summed E-state index contributed by atoms with van der Waals surface area (Å²) in [6.07, 6.45) is 1.75. The van der Waals surface area contributed by atoms with Gasteiger partial charge in [-0.15, -0.1) is 0 Å². The molecule has 4 aromatic carbocycles. The zero-order chi connectivity index (χ0) is 20.9. The first-order chi connectivity index (χ1) is 14.6. The molecule has 0 aliphatic rings. The molecule has 0 aliphatic carbocycles. The molecule has 4 heteroatoms. The van der Waals surface area contributed by atoms with Gasteiger partial charge in [-0.25, -0.2) is 4.39 Å². The first kappa shape index (κ1) is 20.1. The molecule has 30 heavy (non-hydrogen) atoms. The van der Waals surface area contributed by atoms with Crippen molar-refractivity contribution >= 4 is 45.0 Å². The van der Waals surface area contributed by atoms with Crippen LogP contribution in [-0.4, -0.2) is 0 Å². The average Bonchev–Trinajstić information content (AvgIpc) is 2.76. The smallest absolute Gasteiger partial charge is 0.133 e. The second kappa shape index (κ2) is 9.10. The Hall–Kier alpha value is -3.17. The van der Waals surface area contributed by atoms with Crippen LogP contribution in [0.15, 0.2) is 84.9 Å². The number of nitrogens with zero attached hydrogens (tertiary/aromatic N) is 1. The van der Waals surface area contributed by atoms with Crippen molar-refractivity contribution in [2.75, 3.05) is 0 Å². The first-order valence-electron chi connectivity index (χ1n) is 9.40. The van der Waals surface area contributed by atoms with Gasteiger partial charge in [0.2, 0.25) is 0 Å². The van der Waals surface area contributed by atoms with Crippen LogP contribution in [0.5, 0.6) is 5.75 Å². The molecule has 146 valence electrons. The maximum Gasteiger partial charge on any atom is 0.133 e. The van der Waals surface area contributed by atoms with Gasteiger partial charge in [-0.1, -0.05) is 54.6 Å². The zero-order valence-corrected chi connectivity index (χ0v) is 18.1. The predicted molar refractivity (Wildman–Crippen MR) is 127 cm³/mol. The number of nitriles is 1. The Morgan fingerprint density at radius 3 is 2.53 bits per heavy atom. The van der Waals surface area contributed by atoms with E-state index in [2.05, 4.69) is 59.0 Å². The molecule has 0 aromatic heterocycles. The fraction of sp³-hybridized carbons (Fsp3) is 0.0385. The predicted octanol–water partition coefficient (Wildman–Crippen LogP) is 7.23. The van der Waals surface area contributed by atoms with Gasteiger partial charge in [0.05, 0.1) is 15.2 Å². The molecule has 0 saturated carbocycles. The summed E-state index contributed by atoms with van der Waals surface area (Å²) in [5.41, 5.74) is 2.93. The number of benzene rings is 4. The van der Waals surface area contributed by atoms with Crippen molar-refractivity contribution in [1.82, 2.24) is 0 Å². The molecule has 0 bridgehead atoms. The zero-order valence-electron chi connectivity index (χ0n) is 16.0. The molecule has 2 nitrogen and oxygen atoms in total. The van der Waals surface area contributed by atoms with Crippen molar-refractivity contribution < 1.29 is 9.13 Å². The highest BCUT2D eigenvalue weighted by Gasteiger charge is 2.06. The third kappa shape index (κ3) is 4.69. The van der Waals surface area contributed by atoms with Gasteiger partial charge in [-0.05, 0) is 86.5 Å². The van der Waals surface area contributed by atoms with E-state index in [1.807, 2.05) is 30.3 Å². The molecule has 4 rings (SSSR count). The molecule has 0 atom stereocenters. The fourth-order valence-electron chi connectivity index (χ4n) is 3.22. The quantitative estimate of drug-likeness (QED) is 0.163. The van der Waals surface area contributed by atoms with E-state index in [0.717, 1.165) is 20.4 Å². The lowest BCUT2D eigenvalue weighted by Gasteiger charge is -2.10. The fourth-order valence-corrected chi connectivity index (χ4v) is 3.91. The number of rotatable bonds is 5. The second-order valence-electron chi connectivity index (χ2n) is 6.84. The van der Waals surface area contributed by atoms with E-state index >= 15 is 0 Å². The molecular formula is C26H17FINO. The van der Waals surface area contributed by atoms with Crippen molar-refractivity contribution in [2.45, 2.75) is 6.61 Å². The maximum atomic E-state index is 13.5. The van der Waals surface area contributed by atoms with Crippen LogP contribution < -0.4 is 4.74 Å². The van der Waals surface area contributed by atoms with Gasteiger partial charge < -0.3 is 4.74 Å². The van der Waals surface area contributed by atoms with Gasteiger partial charge in [0, 0.05) is 0 Å². The molecule has 0 heterocycles. The second-order valence-corrected chi connectivity index (χ2v) is 8.00. The number of hydrogen-bond acceptors (Lipinski definition) is 2. The van der Waals surface area contributed by atoms with Crippen LogP contribution >= 0.6 is 22.6 Å². The number of allylic oxidation sites excluding steroid dienone is 1. The Morgan fingerprint density at radius 1 is 0.933 bits per heavy atom. The van der Waals surface area contributed by atoms with Crippen LogP contribution in [-0.2, 0) is 6.61 Å². The summed E-state index contributed by atoms with van der Waals surface area (Å²) < 4.78 is 20.4. The topological polar surface area (TPSA) is 33.0 Å². The van der Waals surface area contributed by atoms with E-state index in [0.29, 0.717) is 17.7 Å². The third-order valence-electron chi connectivity index (χ3n) is 4.73. The molecule has 0 unspecified atom stereocenters. The summed E-state index contributed by atoms with van der Waals surface area (Å²) >= 11 is 2.22. The maximum absolute atomic E-state index is 13.5. The summed E-state index contributed by atoms with van der Waals surface area (Å²) in [4.78, 5) is 0. The Balaban J connectivity index is 1.51. The Labute approximate surface area is 188 Å². The van der Waals surface area contributed by atoms with Crippen molar-refractivity contribution in [2.24, 2.45) is 0 Å². The average molecular weight is 505 g/mol. The van der Waals surface area contributed by atoms with Crippen LogP contribution in [0.25, 0.3) is 22.4 Å². The summed E-state index contributed by atoms with van der Waals surface area (Å²) in [5.74, 6) is 0.422. The number of ether oxygens (including phenoxy) is 1. The normalized spacial score (nSPS) is 11.3. The van der Waals surface area contributed by atoms with Crippen molar-refractivity contribution in [3.63, 3.8) is 0 Å². The van der Waals surface area contributed by atoms with Gasteiger partial charge in [0.25, 0.3) is 0 Å². The largest absolute Gasteiger partial charge is 0.488 e.